The van der Waals surface area contributed by atoms with Crippen LogP contribution in [0.1, 0.15) is 4.88 Å². The molecule has 0 aromatic carbocycles. The molecule has 8 heteroatoms. The van der Waals surface area contributed by atoms with E-state index >= 15 is 0 Å². The fraction of sp³-hybridized carbons (Fsp3) is 0.545. The van der Waals surface area contributed by atoms with E-state index in [0.717, 1.165) is 5.00 Å². The Morgan fingerprint density at radius 1 is 1.32 bits per heavy atom. The summed E-state index contributed by atoms with van der Waals surface area (Å²) in [5.41, 5.74) is 6.10. The molecule has 0 unspecified atom stereocenters. The summed E-state index contributed by atoms with van der Waals surface area (Å²) in [4.78, 5) is 3.81. The smallest absolute Gasteiger partial charge is 0.397 e. The average Bonchev–Trinajstić information content (AvgIpc) is 2.69. The maximum atomic E-state index is 12.3. The van der Waals surface area contributed by atoms with Crippen molar-refractivity contribution in [1.29, 1.82) is 5.26 Å². The van der Waals surface area contributed by atoms with Crippen molar-refractivity contribution in [3.63, 3.8) is 0 Å². The Labute approximate surface area is 112 Å². The number of hydrogen-bond donors (Lipinski definition) is 1. The lowest BCUT2D eigenvalue weighted by molar-refractivity contribution is -0.146. The lowest BCUT2D eigenvalue weighted by atomic mass is 10.3. The molecule has 2 N–H and O–H groups in total. The maximum absolute atomic E-state index is 12.3. The highest BCUT2D eigenvalue weighted by Crippen LogP contribution is 2.32. The van der Waals surface area contributed by atoms with Crippen LogP contribution >= 0.6 is 11.3 Å². The van der Waals surface area contributed by atoms with Crippen LogP contribution in [0.2, 0.25) is 0 Å². The minimum Gasteiger partial charge on any atom is -0.397 e. The highest BCUT2D eigenvalue weighted by atomic mass is 32.1. The topological polar surface area (TPSA) is 56.3 Å². The standard InChI is InChI=1S/C11H13F3N4S/c12-11(13,14)7-17-1-3-18(4-2-17)10-5-8(16)9(6-15)19-10/h5H,1-4,7,16H2. The molecule has 0 amide bonds. The highest BCUT2D eigenvalue weighted by molar-refractivity contribution is 7.17. The van der Waals surface area contributed by atoms with Gasteiger partial charge in [0.15, 0.2) is 0 Å². The first-order chi connectivity index (χ1) is 8.89. The molecule has 2 rings (SSSR count). The third-order valence-corrected chi connectivity index (χ3v) is 4.05. The van der Waals surface area contributed by atoms with Gasteiger partial charge in [-0.2, -0.15) is 18.4 Å². The zero-order valence-electron chi connectivity index (χ0n) is 10.1. The second kappa shape index (κ2) is 5.27. The molecule has 4 nitrogen and oxygen atoms in total. The first-order valence-electron chi connectivity index (χ1n) is 5.72. The number of piperazine rings is 1. The van der Waals surface area contributed by atoms with E-state index in [-0.39, 0.29) is 0 Å². The second-order valence-electron chi connectivity index (χ2n) is 4.36. The third kappa shape index (κ3) is 3.52. The van der Waals surface area contributed by atoms with E-state index in [4.69, 9.17) is 11.0 Å². The second-order valence-corrected chi connectivity index (χ2v) is 5.39. The minimum absolute atomic E-state index is 0.360. The first kappa shape index (κ1) is 14.0. The van der Waals surface area contributed by atoms with Crippen LogP contribution < -0.4 is 10.6 Å². The Bertz CT molecular complexity index is 483. The molecule has 0 saturated carbocycles. The molecule has 1 saturated heterocycles. The molecule has 1 aromatic rings. The molecular weight excluding hydrogens is 277 g/mol. The number of nitrogens with zero attached hydrogens (tertiary/aromatic N) is 3. The predicted octanol–water partition coefficient (Wildman–Crippen LogP) is 1.89. The van der Waals surface area contributed by atoms with E-state index < -0.39 is 12.7 Å². The molecule has 0 radical (unpaired) electrons. The van der Waals surface area contributed by atoms with E-state index in [9.17, 15) is 13.2 Å². The van der Waals surface area contributed by atoms with Crippen LogP contribution in [0.3, 0.4) is 0 Å². The zero-order chi connectivity index (χ0) is 14.0. The number of anilines is 2. The van der Waals surface area contributed by atoms with Crippen LogP contribution in [0.4, 0.5) is 23.9 Å². The Morgan fingerprint density at radius 2 is 1.95 bits per heavy atom. The Balaban J connectivity index is 1.94. The average molecular weight is 290 g/mol. The van der Waals surface area contributed by atoms with Crippen LogP contribution in [-0.2, 0) is 0 Å². The predicted molar refractivity (Wildman–Crippen MR) is 68.2 cm³/mol. The van der Waals surface area contributed by atoms with E-state index in [0.29, 0.717) is 36.7 Å². The van der Waals surface area contributed by atoms with Crippen molar-refractivity contribution < 1.29 is 13.2 Å². The van der Waals surface area contributed by atoms with Gasteiger partial charge in [0, 0.05) is 26.2 Å². The fourth-order valence-corrected chi connectivity index (χ4v) is 2.94. The summed E-state index contributed by atoms with van der Waals surface area (Å²) in [5, 5.41) is 9.68. The molecule has 104 valence electrons. The van der Waals surface area contributed by atoms with Crippen molar-refractivity contribution in [2.45, 2.75) is 6.18 Å². The molecule has 1 aliphatic heterocycles. The van der Waals surface area contributed by atoms with Gasteiger partial charge in [0.2, 0.25) is 0 Å². The molecule has 1 aromatic heterocycles. The van der Waals surface area contributed by atoms with E-state index in [1.807, 2.05) is 11.0 Å². The molecule has 1 fully saturated rings. The van der Waals surface area contributed by atoms with Crippen molar-refractivity contribution in [1.82, 2.24) is 4.90 Å². The van der Waals surface area contributed by atoms with Crippen molar-refractivity contribution in [3.8, 4) is 6.07 Å². The lowest BCUT2D eigenvalue weighted by Crippen LogP contribution is -2.49. The van der Waals surface area contributed by atoms with Crippen molar-refractivity contribution in [2.24, 2.45) is 0 Å². The van der Waals surface area contributed by atoms with Crippen molar-refractivity contribution in [3.05, 3.63) is 10.9 Å². The lowest BCUT2D eigenvalue weighted by Gasteiger charge is -2.35. The summed E-state index contributed by atoms with van der Waals surface area (Å²) in [5.74, 6) is 0. The zero-order valence-corrected chi connectivity index (χ0v) is 10.9. The third-order valence-electron chi connectivity index (χ3n) is 2.94. The summed E-state index contributed by atoms with van der Waals surface area (Å²) in [6, 6.07) is 3.71. The molecule has 19 heavy (non-hydrogen) atoms. The number of nitriles is 1. The van der Waals surface area contributed by atoms with Gasteiger partial charge in [0.25, 0.3) is 0 Å². The molecule has 0 aliphatic carbocycles. The van der Waals surface area contributed by atoms with Gasteiger partial charge in [0.05, 0.1) is 17.2 Å². The van der Waals surface area contributed by atoms with Crippen molar-refractivity contribution >= 4 is 22.0 Å². The molecule has 0 bridgehead atoms. The number of alkyl halides is 3. The number of rotatable bonds is 2. The largest absolute Gasteiger partial charge is 0.401 e. The van der Waals surface area contributed by atoms with Gasteiger partial charge in [-0.1, -0.05) is 0 Å². The summed E-state index contributed by atoms with van der Waals surface area (Å²) >= 11 is 1.28. The number of halogens is 3. The highest BCUT2D eigenvalue weighted by Gasteiger charge is 2.32. The Morgan fingerprint density at radius 3 is 2.42 bits per heavy atom. The summed E-state index contributed by atoms with van der Waals surface area (Å²) < 4.78 is 36.8. The molecule has 2 heterocycles. The molecule has 1 aliphatic rings. The van der Waals surface area contributed by atoms with E-state index in [1.165, 1.54) is 16.2 Å². The van der Waals surface area contributed by atoms with E-state index in [1.54, 1.807) is 6.07 Å². The van der Waals surface area contributed by atoms with Gasteiger partial charge in [-0.3, -0.25) is 4.90 Å². The Hall–Kier alpha value is -1.46. The van der Waals surface area contributed by atoms with Crippen LogP contribution in [0.15, 0.2) is 6.07 Å². The van der Waals surface area contributed by atoms with Crippen LogP contribution in [0.25, 0.3) is 0 Å². The summed E-state index contributed by atoms with van der Waals surface area (Å²) in [7, 11) is 0. The van der Waals surface area contributed by atoms with Gasteiger partial charge in [-0.15, -0.1) is 11.3 Å². The normalized spacial score (nSPS) is 17.5. The first-order valence-corrected chi connectivity index (χ1v) is 6.54. The van der Waals surface area contributed by atoms with Gasteiger partial charge >= 0.3 is 6.18 Å². The summed E-state index contributed by atoms with van der Waals surface area (Å²) in [6.07, 6.45) is -4.15. The summed E-state index contributed by atoms with van der Waals surface area (Å²) in [6.45, 7) is 0.886. The molecular formula is C11H13F3N4S. The van der Waals surface area contributed by atoms with Gasteiger partial charge in [0.1, 0.15) is 10.9 Å². The van der Waals surface area contributed by atoms with Gasteiger partial charge in [-0.05, 0) is 6.07 Å². The number of nitrogens with two attached hydrogens (primary N) is 1. The molecule has 0 atom stereocenters. The number of thiophene rings is 1. The fourth-order valence-electron chi connectivity index (χ4n) is 2.01. The molecule has 0 spiro atoms. The van der Waals surface area contributed by atoms with Crippen molar-refractivity contribution in [2.75, 3.05) is 43.4 Å². The van der Waals surface area contributed by atoms with E-state index in [2.05, 4.69) is 0 Å². The number of hydrogen-bond acceptors (Lipinski definition) is 5. The number of nitrogen functional groups attached to an aromatic ring is 1. The Kier molecular flexibility index (Phi) is 3.87. The quantitative estimate of drug-likeness (QED) is 0.903. The van der Waals surface area contributed by atoms with Gasteiger partial charge < -0.3 is 10.6 Å². The minimum atomic E-state index is -4.15. The van der Waals surface area contributed by atoms with Crippen LogP contribution in [-0.4, -0.2) is 43.8 Å². The monoisotopic (exact) mass is 290 g/mol. The van der Waals surface area contributed by atoms with Crippen LogP contribution in [0, 0.1) is 11.3 Å². The van der Waals surface area contributed by atoms with Crippen LogP contribution in [0.5, 0.6) is 0 Å². The maximum Gasteiger partial charge on any atom is 0.401 e. The SMILES string of the molecule is N#Cc1sc(N2CCN(CC(F)(F)F)CC2)cc1N. The van der Waals surface area contributed by atoms with Gasteiger partial charge in [-0.25, -0.2) is 0 Å².